The molecular formula is C12H19NO2. The van der Waals surface area contributed by atoms with E-state index in [4.69, 9.17) is 0 Å². The van der Waals surface area contributed by atoms with Crippen LogP contribution in [0, 0.1) is 0 Å². The summed E-state index contributed by atoms with van der Waals surface area (Å²) in [7, 11) is 0. The fourth-order valence-corrected chi connectivity index (χ4v) is 2.48. The van der Waals surface area contributed by atoms with Gasteiger partial charge in [-0.2, -0.15) is 0 Å². The summed E-state index contributed by atoms with van der Waals surface area (Å²) in [5.74, 6) is 0.310. The van der Waals surface area contributed by atoms with Crippen molar-refractivity contribution >= 4 is 11.5 Å². The minimum atomic E-state index is -0.275. The summed E-state index contributed by atoms with van der Waals surface area (Å²) in [6, 6.07) is 0.0691. The van der Waals surface area contributed by atoms with E-state index in [0.717, 1.165) is 44.2 Å². The number of aliphatic hydroxyl groups excluding tert-OH is 1. The minimum Gasteiger partial charge on any atom is -0.391 e. The van der Waals surface area contributed by atoms with Crippen LogP contribution in [0.4, 0.5) is 0 Å². The number of aliphatic imine (C=N–C) groups is 1. The number of aliphatic hydroxyl groups is 1. The molecule has 15 heavy (non-hydrogen) atoms. The van der Waals surface area contributed by atoms with E-state index >= 15 is 0 Å². The van der Waals surface area contributed by atoms with Crippen LogP contribution >= 0.6 is 0 Å². The first-order valence-electron chi connectivity index (χ1n) is 6.01. The lowest BCUT2D eigenvalue weighted by atomic mass is 9.91. The van der Waals surface area contributed by atoms with Gasteiger partial charge in [0, 0.05) is 18.6 Å². The third-order valence-electron chi connectivity index (χ3n) is 3.36. The zero-order valence-corrected chi connectivity index (χ0v) is 9.11. The lowest BCUT2D eigenvalue weighted by molar-refractivity contribution is -0.118. The number of carbonyl (C=O) groups excluding carboxylic acids is 1. The molecule has 0 saturated heterocycles. The summed E-state index contributed by atoms with van der Waals surface area (Å²) >= 11 is 0. The highest BCUT2D eigenvalue weighted by Crippen LogP contribution is 2.23. The summed E-state index contributed by atoms with van der Waals surface area (Å²) in [5.41, 5.74) is 1.03. The number of Topliss-reactive ketones (excluding diaryl/α,β-unsaturated/α-hetero) is 1. The Labute approximate surface area is 90.6 Å². The van der Waals surface area contributed by atoms with Gasteiger partial charge < -0.3 is 5.11 Å². The van der Waals surface area contributed by atoms with E-state index < -0.39 is 0 Å². The van der Waals surface area contributed by atoms with Crippen molar-refractivity contribution in [1.82, 2.24) is 0 Å². The number of hydrogen-bond acceptors (Lipinski definition) is 3. The van der Waals surface area contributed by atoms with Gasteiger partial charge in [0.15, 0.2) is 0 Å². The lowest BCUT2D eigenvalue weighted by Gasteiger charge is -2.26. The predicted molar refractivity (Wildman–Crippen MR) is 59.2 cm³/mol. The molecule has 0 heterocycles. The van der Waals surface area contributed by atoms with E-state index in [2.05, 4.69) is 4.99 Å². The van der Waals surface area contributed by atoms with Crippen molar-refractivity contribution in [3.63, 3.8) is 0 Å². The molecule has 0 aromatic rings. The number of hydrogen-bond donors (Lipinski definition) is 1. The summed E-state index contributed by atoms with van der Waals surface area (Å²) in [6.45, 7) is 0. The summed E-state index contributed by atoms with van der Waals surface area (Å²) in [4.78, 5) is 15.8. The van der Waals surface area contributed by atoms with Crippen LogP contribution in [-0.2, 0) is 4.79 Å². The average molecular weight is 209 g/mol. The maximum atomic E-state index is 11.3. The molecule has 0 aliphatic heterocycles. The normalized spacial score (nSPS) is 35.8. The van der Waals surface area contributed by atoms with E-state index in [9.17, 15) is 9.90 Å². The fourth-order valence-electron chi connectivity index (χ4n) is 2.48. The van der Waals surface area contributed by atoms with Gasteiger partial charge in [0.1, 0.15) is 5.78 Å². The second-order valence-electron chi connectivity index (χ2n) is 4.68. The summed E-state index contributed by atoms with van der Waals surface area (Å²) in [6.07, 6.45) is 7.00. The van der Waals surface area contributed by atoms with Crippen molar-refractivity contribution in [2.75, 3.05) is 0 Å². The predicted octanol–water partition coefficient (Wildman–Crippen LogP) is 1.87. The Kier molecular flexibility index (Phi) is 3.52. The number of ketones is 1. The van der Waals surface area contributed by atoms with Crippen molar-refractivity contribution in [3.8, 4) is 0 Å². The smallest absolute Gasteiger partial charge is 0.138 e. The molecule has 2 aliphatic carbocycles. The van der Waals surface area contributed by atoms with Gasteiger partial charge in [-0.3, -0.25) is 9.79 Å². The van der Waals surface area contributed by atoms with Crippen molar-refractivity contribution in [2.45, 2.75) is 63.5 Å². The first kappa shape index (κ1) is 10.8. The van der Waals surface area contributed by atoms with Crippen LogP contribution < -0.4 is 0 Å². The Morgan fingerprint density at radius 3 is 2.67 bits per heavy atom. The Morgan fingerprint density at radius 2 is 1.93 bits per heavy atom. The number of rotatable bonds is 1. The standard InChI is InChI=1S/C12H19NO2/c14-10-5-3-4-9(8-10)13-11-6-1-2-7-12(11)15/h11-12,15H,1-8H2/t11-,12-/m1/s1. The van der Waals surface area contributed by atoms with Crippen LogP contribution in [0.25, 0.3) is 0 Å². The third kappa shape index (κ3) is 2.88. The van der Waals surface area contributed by atoms with Gasteiger partial charge in [-0.15, -0.1) is 0 Å². The van der Waals surface area contributed by atoms with Gasteiger partial charge in [0.2, 0.25) is 0 Å². The highest BCUT2D eigenvalue weighted by Gasteiger charge is 2.24. The lowest BCUT2D eigenvalue weighted by Crippen LogP contribution is -2.30. The van der Waals surface area contributed by atoms with Crippen molar-refractivity contribution in [3.05, 3.63) is 0 Å². The molecule has 2 atom stereocenters. The molecule has 1 N–H and O–H groups in total. The number of carbonyl (C=O) groups is 1. The van der Waals surface area contributed by atoms with Crippen molar-refractivity contribution in [1.29, 1.82) is 0 Å². The highest BCUT2D eigenvalue weighted by molar-refractivity contribution is 6.04. The molecule has 0 bridgehead atoms. The molecule has 0 amide bonds. The molecule has 0 aromatic heterocycles. The molecule has 2 saturated carbocycles. The molecule has 2 fully saturated rings. The molecule has 84 valence electrons. The van der Waals surface area contributed by atoms with Gasteiger partial charge >= 0.3 is 0 Å². The first-order chi connectivity index (χ1) is 7.25. The monoisotopic (exact) mass is 209 g/mol. The molecule has 0 radical (unpaired) electrons. The Hall–Kier alpha value is -0.700. The summed E-state index contributed by atoms with van der Waals surface area (Å²) in [5, 5.41) is 9.77. The molecule has 0 unspecified atom stereocenters. The first-order valence-corrected chi connectivity index (χ1v) is 6.01. The Morgan fingerprint density at radius 1 is 1.13 bits per heavy atom. The van der Waals surface area contributed by atoms with Gasteiger partial charge in [0.25, 0.3) is 0 Å². The van der Waals surface area contributed by atoms with Gasteiger partial charge in [0.05, 0.1) is 12.1 Å². The molecule has 3 nitrogen and oxygen atoms in total. The van der Waals surface area contributed by atoms with Crippen molar-refractivity contribution < 1.29 is 9.90 Å². The van der Waals surface area contributed by atoms with Crippen LogP contribution in [0.5, 0.6) is 0 Å². The summed E-state index contributed by atoms with van der Waals surface area (Å²) < 4.78 is 0. The molecule has 3 heteroatoms. The van der Waals surface area contributed by atoms with E-state index in [1.165, 1.54) is 0 Å². The quantitative estimate of drug-likeness (QED) is 0.716. The van der Waals surface area contributed by atoms with Crippen LogP contribution in [0.3, 0.4) is 0 Å². The molecule has 0 aromatic carbocycles. The van der Waals surface area contributed by atoms with Crippen LogP contribution in [0.2, 0.25) is 0 Å². The van der Waals surface area contributed by atoms with E-state index in [1.54, 1.807) is 0 Å². The second kappa shape index (κ2) is 4.88. The third-order valence-corrected chi connectivity index (χ3v) is 3.36. The van der Waals surface area contributed by atoms with E-state index in [-0.39, 0.29) is 12.1 Å². The van der Waals surface area contributed by atoms with Crippen LogP contribution in [0.1, 0.15) is 51.4 Å². The van der Waals surface area contributed by atoms with Crippen molar-refractivity contribution in [2.24, 2.45) is 4.99 Å². The average Bonchev–Trinajstić information content (AvgIpc) is 2.22. The second-order valence-corrected chi connectivity index (χ2v) is 4.68. The zero-order valence-electron chi connectivity index (χ0n) is 9.11. The molecule has 2 aliphatic rings. The molecular weight excluding hydrogens is 190 g/mol. The maximum absolute atomic E-state index is 11.3. The SMILES string of the molecule is O=C1CCCC(=N[C@@H]2CCCC[C@H]2O)C1. The van der Waals surface area contributed by atoms with Gasteiger partial charge in [-0.25, -0.2) is 0 Å². The number of nitrogens with zero attached hydrogens (tertiary/aromatic N) is 1. The van der Waals surface area contributed by atoms with Crippen LogP contribution in [-0.4, -0.2) is 28.7 Å². The Bertz CT molecular complexity index is 273. The van der Waals surface area contributed by atoms with Gasteiger partial charge in [-0.05, 0) is 25.7 Å². The highest BCUT2D eigenvalue weighted by atomic mass is 16.3. The maximum Gasteiger partial charge on any atom is 0.138 e. The minimum absolute atomic E-state index is 0.0691. The van der Waals surface area contributed by atoms with Gasteiger partial charge in [-0.1, -0.05) is 12.8 Å². The molecule has 2 rings (SSSR count). The Balaban J connectivity index is 1.97. The zero-order chi connectivity index (χ0) is 10.7. The van der Waals surface area contributed by atoms with Crippen LogP contribution in [0.15, 0.2) is 4.99 Å². The molecule has 0 spiro atoms. The largest absolute Gasteiger partial charge is 0.391 e. The van der Waals surface area contributed by atoms with E-state index in [1.807, 2.05) is 0 Å². The fraction of sp³-hybridized carbons (Fsp3) is 0.833. The topological polar surface area (TPSA) is 49.7 Å². The van der Waals surface area contributed by atoms with E-state index in [0.29, 0.717) is 18.6 Å².